The number of hydrogen-bond acceptors (Lipinski definition) is 0. The maximum absolute atomic E-state index is 2.43. The molecule has 0 radical (unpaired) electrons. The van der Waals surface area contributed by atoms with Gasteiger partial charge in [0.25, 0.3) is 0 Å². The lowest BCUT2D eigenvalue weighted by molar-refractivity contribution is 0.661. The van der Waals surface area contributed by atoms with Crippen LogP contribution >= 0.6 is 0 Å². The van der Waals surface area contributed by atoms with Crippen LogP contribution in [0.2, 0.25) is 0 Å². The van der Waals surface area contributed by atoms with Crippen LogP contribution in [-0.4, -0.2) is 0 Å². The molecule has 0 atom stereocenters. The third-order valence-corrected chi connectivity index (χ3v) is 12.5. The molecular formula is C57H40. The van der Waals surface area contributed by atoms with Crippen molar-refractivity contribution in [3.05, 3.63) is 217 Å². The average Bonchev–Trinajstić information content (AvgIpc) is 3.49. The number of fused-ring (bicyclic) bond motifs is 6. The Hall–Kier alpha value is -7.02. The van der Waals surface area contributed by atoms with Gasteiger partial charge in [-0.15, -0.1) is 0 Å². The quantitative estimate of drug-likeness (QED) is 0.155. The first-order valence-electron chi connectivity index (χ1n) is 20.0. The van der Waals surface area contributed by atoms with Gasteiger partial charge in [0.05, 0.1) is 0 Å². The lowest BCUT2D eigenvalue weighted by atomic mass is 9.81. The van der Waals surface area contributed by atoms with Crippen molar-refractivity contribution in [1.29, 1.82) is 0 Å². The van der Waals surface area contributed by atoms with E-state index in [4.69, 9.17) is 0 Å². The maximum Gasteiger partial charge on any atom is 0.0159 e. The SMILES string of the molecule is CC1(C)c2cc(-c3ccc(-c4c5ccccc5c(-c5ccc(-c6ccc(-c7ccccc7)cc6)cc5)c5ccccc45)cc3)ccc2-c2cc3ccccc3cc21. The molecule has 0 unspecified atom stereocenters. The third kappa shape index (κ3) is 5.44. The molecule has 0 aliphatic heterocycles. The minimum absolute atomic E-state index is 0.0707. The second-order valence-electron chi connectivity index (χ2n) is 16.1. The Balaban J connectivity index is 0.958. The molecule has 0 nitrogen and oxygen atoms in total. The Morgan fingerprint density at radius 1 is 0.263 bits per heavy atom. The van der Waals surface area contributed by atoms with E-state index in [2.05, 4.69) is 220 Å². The van der Waals surface area contributed by atoms with Crippen molar-refractivity contribution in [2.45, 2.75) is 19.3 Å². The molecule has 0 spiro atoms. The summed E-state index contributed by atoms with van der Waals surface area (Å²) in [6.07, 6.45) is 0. The molecule has 268 valence electrons. The molecular weight excluding hydrogens is 685 g/mol. The first kappa shape index (κ1) is 33.3. The van der Waals surface area contributed by atoms with Gasteiger partial charge in [-0.2, -0.15) is 0 Å². The zero-order valence-corrected chi connectivity index (χ0v) is 32.1. The van der Waals surface area contributed by atoms with Crippen LogP contribution in [0.4, 0.5) is 0 Å². The van der Waals surface area contributed by atoms with Gasteiger partial charge in [0.1, 0.15) is 0 Å². The standard InChI is InChI=1S/C57H40/c1-57(2)53-36-46(32-33-47(53)52-34-44-14-6-7-15-45(44)35-54(52)57)41-26-30-43(31-27-41)56-50-18-10-8-16-48(50)55(49-17-9-11-19-51(49)56)42-28-24-40(25-29-42)39-22-20-38(21-23-39)37-12-4-3-5-13-37/h3-36H,1-2H3. The smallest absolute Gasteiger partial charge is 0.0159 e. The van der Waals surface area contributed by atoms with Crippen LogP contribution in [0.5, 0.6) is 0 Å². The van der Waals surface area contributed by atoms with E-state index in [1.54, 1.807) is 0 Å². The van der Waals surface area contributed by atoms with Crippen molar-refractivity contribution in [2.75, 3.05) is 0 Å². The Morgan fingerprint density at radius 3 is 1.11 bits per heavy atom. The maximum atomic E-state index is 2.43. The third-order valence-electron chi connectivity index (χ3n) is 12.5. The number of hydrogen-bond donors (Lipinski definition) is 0. The van der Waals surface area contributed by atoms with E-state index in [9.17, 15) is 0 Å². The molecule has 10 aromatic carbocycles. The first-order chi connectivity index (χ1) is 28.0. The van der Waals surface area contributed by atoms with Gasteiger partial charge in [-0.05, 0) is 128 Å². The molecule has 0 heterocycles. The molecule has 0 heteroatoms. The second-order valence-corrected chi connectivity index (χ2v) is 16.1. The highest BCUT2D eigenvalue weighted by Crippen LogP contribution is 2.51. The monoisotopic (exact) mass is 724 g/mol. The van der Waals surface area contributed by atoms with Crippen molar-refractivity contribution in [2.24, 2.45) is 0 Å². The predicted molar refractivity (Wildman–Crippen MR) is 244 cm³/mol. The minimum atomic E-state index is -0.0707. The van der Waals surface area contributed by atoms with Crippen LogP contribution < -0.4 is 0 Å². The molecule has 0 fully saturated rings. The Labute approximate surface area is 334 Å². The number of benzene rings is 10. The van der Waals surface area contributed by atoms with E-state index in [-0.39, 0.29) is 5.41 Å². The summed E-state index contributed by atoms with van der Waals surface area (Å²) in [4.78, 5) is 0. The van der Waals surface area contributed by atoms with E-state index >= 15 is 0 Å². The highest BCUT2D eigenvalue weighted by Gasteiger charge is 2.36. The predicted octanol–water partition coefficient (Wildman–Crippen LogP) is 15.8. The molecule has 10 aromatic rings. The fourth-order valence-corrected chi connectivity index (χ4v) is 9.50. The molecule has 11 rings (SSSR count). The molecule has 0 saturated carbocycles. The zero-order chi connectivity index (χ0) is 38.1. The van der Waals surface area contributed by atoms with Gasteiger partial charge < -0.3 is 0 Å². The van der Waals surface area contributed by atoms with Crippen molar-refractivity contribution >= 4 is 32.3 Å². The van der Waals surface area contributed by atoms with E-state index in [1.807, 2.05) is 0 Å². The fraction of sp³-hybridized carbons (Fsp3) is 0.0526. The molecule has 1 aliphatic carbocycles. The number of rotatable bonds is 5. The summed E-state index contributed by atoms with van der Waals surface area (Å²) in [7, 11) is 0. The van der Waals surface area contributed by atoms with Gasteiger partial charge in [-0.3, -0.25) is 0 Å². The fourth-order valence-electron chi connectivity index (χ4n) is 9.50. The average molecular weight is 725 g/mol. The van der Waals surface area contributed by atoms with Crippen LogP contribution in [0.15, 0.2) is 206 Å². The van der Waals surface area contributed by atoms with Crippen molar-refractivity contribution in [3.63, 3.8) is 0 Å². The lowest BCUT2D eigenvalue weighted by Crippen LogP contribution is -2.15. The summed E-state index contributed by atoms with van der Waals surface area (Å²) in [5, 5.41) is 7.67. The van der Waals surface area contributed by atoms with E-state index < -0.39 is 0 Å². The highest BCUT2D eigenvalue weighted by atomic mass is 14.4. The normalized spacial score (nSPS) is 12.9. The van der Waals surface area contributed by atoms with Crippen LogP contribution in [-0.2, 0) is 5.41 Å². The molecule has 0 saturated heterocycles. The van der Waals surface area contributed by atoms with Gasteiger partial charge in [0.2, 0.25) is 0 Å². The van der Waals surface area contributed by atoms with Gasteiger partial charge in [0, 0.05) is 5.41 Å². The molecule has 0 N–H and O–H groups in total. The lowest BCUT2D eigenvalue weighted by Gasteiger charge is -2.22. The van der Waals surface area contributed by atoms with Crippen molar-refractivity contribution < 1.29 is 0 Å². The van der Waals surface area contributed by atoms with Crippen LogP contribution in [0.3, 0.4) is 0 Å². The van der Waals surface area contributed by atoms with Crippen molar-refractivity contribution in [3.8, 4) is 66.8 Å². The van der Waals surface area contributed by atoms with Crippen molar-refractivity contribution in [1.82, 2.24) is 0 Å². The van der Waals surface area contributed by atoms with Crippen LogP contribution in [0, 0.1) is 0 Å². The summed E-state index contributed by atoms with van der Waals surface area (Å²) in [6.45, 7) is 4.75. The zero-order valence-electron chi connectivity index (χ0n) is 32.1. The second kappa shape index (κ2) is 13.0. The summed E-state index contributed by atoms with van der Waals surface area (Å²) in [5.41, 5.74) is 17.9. The molecule has 0 amide bonds. The summed E-state index contributed by atoms with van der Waals surface area (Å²) in [5.74, 6) is 0. The van der Waals surface area contributed by atoms with Crippen LogP contribution in [0.1, 0.15) is 25.0 Å². The van der Waals surface area contributed by atoms with Gasteiger partial charge in [-0.1, -0.05) is 202 Å². The first-order valence-corrected chi connectivity index (χ1v) is 20.0. The molecule has 0 bridgehead atoms. The summed E-state index contributed by atoms with van der Waals surface area (Å²) < 4.78 is 0. The van der Waals surface area contributed by atoms with Gasteiger partial charge in [0.15, 0.2) is 0 Å². The Bertz CT molecular complexity index is 3090. The molecule has 57 heavy (non-hydrogen) atoms. The Morgan fingerprint density at radius 2 is 0.614 bits per heavy atom. The van der Waals surface area contributed by atoms with Gasteiger partial charge in [-0.25, -0.2) is 0 Å². The highest BCUT2D eigenvalue weighted by molar-refractivity contribution is 6.21. The Kier molecular flexibility index (Phi) is 7.63. The molecule has 0 aromatic heterocycles. The van der Waals surface area contributed by atoms with E-state index in [0.29, 0.717) is 0 Å². The minimum Gasteiger partial charge on any atom is -0.0622 e. The van der Waals surface area contributed by atoms with E-state index in [0.717, 1.165) is 0 Å². The molecule has 1 aliphatic rings. The summed E-state index contributed by atoms with van der Waals surface area (Å²) >= 11 is 0. The largest absolute Gasteiger partial charge is 0.0622 e. The summed E-state index contributed by atoms with van der Waals surface area (Å²) in [6, 6.07) is 76.3. The van der Waals surface area contributed by atoms with Crippen LogP contribution in [0.25, 0.3) is 99.1 Å². The van der Waals surface area contributed by atoms with E-state index in [1.165, 1.54) is 110 Å². The van der Waals surface area contributed by atoms with Gasteiger partial charge >= 0.3 is 0 Å². The topological polar surface area (TPSA) is 0 Å².